The van der Waals surface area contributed by atoms with Crippen molar-refractivity contribution in [3.63, 3.8) is 0 Å². The Labute approximate surface area is 190 Å². The average molecular weight is 457 g/mol. The van der Waals surface area contributed by atoms with Gasteiger partial charge in [0.15, 0.2) is 11.4 Å². The van der Waals surface area contributed by atoms with Gasteiger partial charge in [0.25, 0.3) is 5.91 Å². The number of hydrogen-bond acceptors (Lipinski definition) is 9. The molecule has 0 bridgehead atoms. The van der Waals surface area contributed by atoms with Crippen molar-refractivity contribution in [1.29, 1.82) is 0 Å². The van der Waals surface area contributed by atoms with Crippen LogP contribution in [-0.4, -0.2) is 82.6 Å². The predicted molar refractivity (Wildman–Crippen MR) is 118 cm³/mol. The zero-order valence-corrected chi connectivity index (χ0v) is 18.8. The van der Waals surface area contributed by atoms with Crippen LogP contribution in [0, 0.1) is 11.8 Å². The second-order valence-electron chi connectivity index (χ2n) is 9.32. The highest BCUT2D eigenvalue weighted by Crippen LogP contribution is 2.52. The summed E-state index contributed by atoms with van der Waals surface area (Å²) in [7, 11) is 6.59. The van der Waals surface area contributed by atoms with Gasteiger partial charge in [-0.05, 0) is 44.5 Å². The molecule has 1 aromatic rings. The summed E-state index contributed by atoms with van der Waals surface area (Å²) in [6, 6.07) is 2.42. The van der Waals surface area contributed by atoms with Crippen molar-refractivity contribution in [3.8, 4) is 5.75 Å². The normalized spacial score (nSPS) is 29.1. The maximum Gasteiger partial charge on any atom is 0.255 e. The number of rotatable bonds is 3. The number of nitrogens with zero attached hydrogens (tertiary/aromatic N) is 2. The molecule has 0 spiro atoms. The Bertz CT molecular complexity index is 1170. The lowest BCUT2D eigenvalue weighted by atomic mass is 9.58. The van der Waals surface area contributed by atoms with E-state index in [0.29, 0.717) is 11.3 Å². The van der Waals surface area contributed by atoms with E-state index >= 15 is 0 Å². The van der Waals surface area contributed by atoms with Crippen LogP contribution in [0.1, 0.15) is 22.3 Å². The lowest BCUT2D eigenvalue weighted by Gasteiger charge is -2.50. The number of carbonyl (C=O) groups is 3. The maximum atomic E-state index is 13.5. The molecule has 0 heterocycles. The number of nitrogens with two attached hydrogens (primary N) is 1. The van der Waals surface area contributed by atoms with Gasteiger partial charge < -0.3 is 31.1 Å². The van der Waals surface area contributed by atoms with Crippen LogP contribution in [0.15, 0.2) is 34.8 Å². The predicted octanol–water partition coefficient (Wildman–Crippen LogP) is 0.187. The van der Waals surface area contributed by atoms with E-state index < -0.39 is 58.0 Å². The van der Waals surface area contributed by atoms with E-state index in [1.807, 2.05) is 0 Å². The molecule has 0 aromatic heterocycles. The van der Waals surface area contributed by atoms with Gasteiger partial charge in [-0.3, -0.25) is 19.3 Å². The van der Waals surface area contributed by atoms with Crippen LogP contribution in [-0.2, 0) is 16.0 Å². The summed E-state index contributed by atoms with van der Waals surface area (Å²) >= 11 is 0. The fourth-order valence-electron chi connectivity index (χ4n) is 5.58. The minimum Gasteiger partial charge on any atom is -0.510 e. The lowest BCUT2D eigenvalue weighted by molar-refractivity contribution is -0.148. The summed E-state index contributed by atoms with van der Waals surface area (Å²) < 4.78 is 0. The summed E-state index contributed by atoms with van der Waals surface area (Å²) in [4.78, 5) is 41.8. The third-order valence-electron chi connectivity index (χ3n) is 7.06. The van der Waals surface area contributed by atoms with Crippen molar-refractivity contribution in [1.82, 2.24) is 4.90 Å². The Morgan fingerprint density at radius 2 is 1.76 bits per heavy atom. The SMILES string of the molecule is CN(C)c1ccc2c(c1O)C(=O)C1=C(O)C3(O)C(=O)C(C(N)=O)=C(O)C(N(C)C)C3CC1C2. The fraction of sp³-hybridized carbons (Fsp3) is 0.435. The molecule has 10 nitrogen and oxygen atoms in total. The van der Waals surface area contributed by atoms with Crippen molar-refractivity contribution >= 4 is 23.2 Å². The van der Waals surface area contributed by atoms with Gasteiger partial charge in [0, 0.05) is 25.6 Å². The minimum absolute atomic E-state index is 0.00184. The molecule has 0 radical (unpaired) electrons. The summed E-state index contributed by atoms with van der Waals surface area (Å²) in [5.41, 5.74) is 2.69. The van der Waals surface area contributed by atoms with E-state index in [9.17, 15) is 34.8 Å². The summed E-state index contributed by atoms with van der Waals surface area (Å²) in [6.45, 7) is 0. The zero-order chi connectivity index (χ0) is 24.6. The standard InChI is InChI=1S/C23H27N3O7/c1-25(2)12-6-5-9-7-10-8-11-16(26(3)4)19(29)15(22(24)32)21(31)23(11,33)20(30)14(10)18(28)13(9)17(12)27/h5-6,10-11,16,27,29-30,33H,7-8H2,1-4H3,(H2,24,32). The third-order valence-corrected chi connectivity index (χ3v) is 7.06. The lowest BCUT2D eigenvalue weighted by Crippen LogP contribution is -2.63. The molecule has 0 fully saturated rings. The Morgan fingerprint density at radius 1 is 1.12 bits per heavy atom. The van der Waals surface area contributed by atoms with Gasteiger partial charge in [-0.15, -0.1) is 0 Å². The number of ketones is 2. The van der Waals surface area contributed by atoms with Crippen molar-refractivity contribution in [2.75, 3.05) is 33.1 Å². The van der Waals surface area contributed by atoms with Crippen LogP contribution < -0.4 is 10.6 Å². The van der Waals surface area contributed by atoms with Crippen LogP contribution in [0.2, 0.25) is 0 Å². The van der Waals surface area contributed by atoms with E-state index in [-0.39, 0.29) is 29.7 Å². The first-order chi connectivity index (χ1) is 15.3. The molecule has 0 saturated carbocycles. The topological polar surface area (TPSA) is 165 Å². The Balaban J connectivity index is 1.95. The number of carbonyl (C=O) groups excluding carboxylic acids is 3. The number of hydrogen-bond donors (Lipinski definition) is 5. The van der Waals surface area contributed by atoms with Gasteiger partial charge in [-0.1, -0.05) is 6.07 Å². The fourth-order valence-corrected chi connectivity index (χ4v) is 5.58. The van der Waals surface area contributed by atoms with E-state index in [1.165, 1.54) is 4.90 Å². The second-order valence-corrected chi connectivity index (χ2v) is 9.32. The van der Waals surface area contributed by atoms with E-state index in [0.717, 1.165) is 0 Å². The number of phenolic OH excluding ortho intramolecular Hbond substituents is 1. The first-order valence-corrected chi connectivity index (χ1v) is 10.5. The van der Waals surface area contributed by atoms with E-state index in [4.69, 9.17) is 5.73 Å². The highest BCUT2D eigenvalue weighted by molar-refractivity contribution is 6.24. The molecule has 3 aliphatic carbocycles. The number of aromatic hydroxyl groups is 1. The molecule has 1 amide bonds. The van der Waals surface area contributed by atoms with Crippen molar-refractivity contribution in [2.45, 2.75) is 24.5 Å². The molecular formula is C23H27N3O7. The molecule has 0 saturated heterocycles. The maximum absolute atomic E-state index is 13.5. The number of phenols is 1. The van der Waals surface area contributed by atoms with Gasteiger partial charge in [0.05, 0.1) is 17.3 Å². The summed E-state index contributed by atoms with van der Waals surface area (Å²) in [5, 5.41) is 44.2. The first kappa shape index (κ1) is 22.8. The van der Waals surface area contributed by atoms with E-state index in [2.05, 4.69) is 0 Å². The van der Waals surface area contributed by atoms with Gasteiger partial charge in [0.2, 0.25) is 5.78 Å². The van der Waals surface area contributed by atoms with Crippen LogP contribution >= 0.6 is 0 Å². The number of amides is 1. The smallest absolute Gasteiger partial charge is 0.255 e. The van der Waals surface area contributed by atoms with Crippen molar-refractivity contribution in [3.05, 3.63) is 45.9 Å². The summed E-state index contributed by atoms with van der Waals surface area (Å²) in [5.74, 6) is -6.49. The Morgan fingerprint density at radius 3 is 2.30 bits per heavy atom. The number of Topliss-reactive ketones (excluding diaryl/α,β-unsaturated/α-hetero) is 2. The molecule has 4 atom stereocenters. The number of benzene rings is 1. The molecule has 10 heteroatoms. The van der Waals surface area contributed by atoms with E-state index in [1.54, 1.807) is 45.2 Å². The molecule has 4 rings (SSSR count). The average Bonchev–Trinajstić information content (AvgIpc) is 2.70. The van der Waals surface area contributed by atoms with Crippen LogP contribution in [0.3, 0.4) is 0 Å². The van der Waals surface area contributed by atoms with Crippen molar-refractivity contribution in [2.24, 2.45) is 17.6 Å². The highest BCUT2D eigenvalue weighted by Gasteiger charge is 2.63. The zero-order valence-electron chi connectivity index (χ0n) is 18.8. The number of fused-ring (bicyclic) bond motifs is 3. The number of anilines is 1. The molecule has 1 aromatic carbocycles. The number of likely N-dealkylation sites (N-methyl/N-ethyl adjacent to an activating group) is 1. The van der Waals surface area contributed by atoms with Crippen LogP contribution in [0.5, 0.6) is 5.75 Å². The molecule has 0 aliphatic heterocycles. The van der Waals surface area contributed by atoms with Gasteiger partial charge in [0.1, 0.15) is 22.8 Å². The van der Waals surface area contributed by atoms with Crippen LogP contribution in [0.25, 0.3) is 0 Å². The summed E-state index contributed by atoms with van der Waals surface area (Å²) in [6.07, 6.45) is 0.345. The number of aliphatic hydroxyl groups excluding tert-OH is 2. The first-order valence-electron chi connectivity index (χ1n) is 10.5. The number of allylic oxidation sites excluding steroid dienone is 1. The largest absolute Gasteiger partial charge is 0.510 e. The quantitative estimate of drug-likeness (QED) is 0.398. The second kappa shape index (κ2) is 7.32. The molecular weight excluding hydrogens is 430 g/mol. The minimum atomic E-state index is -2.63. The number of aliphatic hydroxyl groups is 3. The monoisotopic (exact) mass is 457 g/mol. The molecule has 6 N–H and O–H groups in total. The third kappa shape index (κ3) is 2.90. The Hall–Kier alpha value is -3.37. The van der Waals surface area contributed by atoms with Crippen molar-refractivity contribution < 1.29 is 34.8 Å². The van der Waals surface area contributed by atoms with Gasteiger partial charge in [-0.25, -0.2) is 0 Å². The molecule has 3 aliphatic rings. The van der Waals surface area contributed by atoms with Crippen LogP contribution in [0.4, 0.5) is 5.69 Å². The Kier molecular flexibility index (Phi) is 5.06. The molecule has 4 unspecified atom stereocenters. The van der Waals surface area contributed by atoms with Gasteiger partial charge >= 0.3 is 0 Å². The highest BCUT2D eigenvalue weighted by atomic mass is 16.3. The molecule has 176 valence electrons. The van der Waals surface area contributed by atoms with Gasteiger partial charge in [-0.2, -0.15) is 0 Å². The molecule has 33 heavy (non-hydrogen) atoms. The number of primary amides is 1.